The first-order chi connectivity index (χ1) is 18.2. The first kappa shape index (κ1) is 27.5. The van der Waals surface area contributed by atoms with E-state index < -0.39 is 0 Å². The lowest BCUT2D eigenvalue weighted by Gasteiger charge is -2.55. The van der Waals surface area contributed by atoms with Crippen LogP contribution in [0.25, 0.3) is 10.9 Å². The fraction of sp³-hybridized carbons (Fsp3) is 0.759. The van der Waals surface area contributed by atoms with E-state index in [4.69, 9.17) is 24.2 Å². The van der Waals surface area contributed by atoms with Gasteiger partial charge >= 0.3 is 0 Å². The van der Waals surface area contributed by atoms with Crippen LogP contribution >= 0.6 is 0 Å². The molecule has 9 nitrogen and oxygen atoms in total. The van der Waals surface area contributed by atoms with E-state index in [1.807, 2.05) is 12.4 Å². The first-order valence-corrected chi connectivity index (χ1v) is 14.3. The lowest BCUT2D eigenvalue weighted by molar-refractivity contribution is -0.0815. The van der Waals surface area contributed by atoms with Crippen molar-refractivity contribution in [2.24, 2.45) is 0 Å². The van der Waals surface area contributed by atoms with Crippen molar-refractivity contribution in [3.05, 3.63) is 18.0 Å². The average molecular weight is 528 g/mol. The van der Waals surface area contributed by atoms with Crippen LogP contribution < -0.4 is 10.1 Å². The van der Waals surface area contributed by atoms with Gasteiger partial charge in [0.15, 0.2) is 0 Å². The molecule has 2 saturated heterocycles. The minimum Gasteiger partial charge on any atom is -0.474 e. The van der Waals surface area contributed by atoms with Crippen molar-refractivity contribution in [2.75, 3.05) is 38.8 Å². The third-order valence-corrected chi connectivity index (χ3v) is 8.73. The maximum Gasteiger partial charge on any atom is 0.224 e. The van der Waals surface area contributed by atoms with Gasteiger partial charge in [-0.25, -0.2) is 15.0 Å². The zero-order chi connectivity index (χ0) is 26.9. The van der Waals surface area contributed by atoms with Crippen molar-refractivity contribution in [3.63, 3.8) is 0 Å². The summed E-state index contributed by atoms with van der Waals surface area (Å²) in [6, 6.07) is 0.228. The Balaban J connectivity index is 1.44. The summed E-state index contributed by atoms with van der Waals surface area (Å²) >= 11 is 0. The Morgan fingerprint density at radius 3 is 2.45 bits per heavy atom. The van der Waals surface area contributed by atoms with Gasteiger partial charge in [-0.2, -0.15) is 0 Å². The summed E-state index contributed by atoms with van der Waals surface area (Å²) in [6.07, 6.45) is 9.89. The standard InChI is InChI=1S/C29H45N5O4/c1-28(2)14-22(15-29(3,4)34(28)11-13-36-5)38-26-24-17-31-27(32-20-10-12-37-18-20)33-25(24)23(16-30-26)19-6-8-21(35)9-7-19/h16-17,19-22,35H,6-15,18H2,1-5H3,(H,31,32,33)/t19-,20-,21-/m1/s1. The Hall–Kier alpha value is -2.07. The summed E-state index contributed by atoms with van der Waals surface area (Å²) in [5.41, 5.74) is 1.95. The summed E-state index contributed by atoms with van der Waals surface area (Å²) in [4.78, 5) is 17.1. The number of aliphatic hydroxyl groups is 1. The topological polar surface area (TPSA) is 102 Å². The van der Waals surface area contributed by atoms with Gasteiger partial charge in [0.2, 0.25) is 11.8 Å². The number of aliphatic hydroxyl groups excluding tert-OH is 1. The van der Waals surface area contributed by atoms with Crippen LogP contribution in [-0.4, -0.2) is 87.8 Å². The van der Waals surface area contributed by atoms with Gasteiger partial charge < -0.3 is 24.6 Å². The predicted octanol–water partition coefficient (Wildman–Crippen LogP) is 4.29. The zero-order valence-electron chi connectivity index (χ0n) is 23.7. The van der Waals surface area contributed by atoms with Gasteiger partial charge in [-0.15, -0.1) is 0 Å². The van der Waals surface area contributed by atoms with E-state index in [0.29, 0.717) is 31.0 Å². The number of pyridine rings is 1. The van der Waals surface area contributed by atoms with Gasteiger partial charge in [0.25, 0.3) is 0 Å². The average Bonchev–Trinajstić information content (AvgIpc) is 3.36. The van der Waals surface area contributed by atoms with Crippen LogP contribution in [0.15, 0.2) is 12.4 Å². The van der Waals surface area contributed by atoms with E-state index in [0.717, 1.165) is 74.6 Å². The van der Waals surface area contributed by atoms with Gasteiger partial charge in [-0.3, -0.25) is 4.90 Å². The molecule has 0 spiro atoms. The van der Waals surface area contributed by atoms with Crippen molar-refractivity contribution in [1.29, 1.82) is 0 Å². The number of nitrogens with zero attached hydrogens (tertiary/aromatic N) is 4. The Morgan fingerprint density at radius 2 is 1.79 bits per heavy atom. The molecule has 9 heteroatoms. The molecule has 38 heavy (non-hydrogen) atoms. The van der Waals surface area contributed by atoms with Gasteiger partial charge in [0, 0.05) is 62.1 Å². The number of piperidine rings is 1. The van der Waals surface area contributed by atoms with Crippen molar-refractivity contribution in [1.82, 2.24) is 19.9 Å². The molecule has 0 aromatic carbocycles. The molecular weight excluding hydrogens is 482 g/mol. The Labute approximate surface area is 226 Å². The molecule has 210 valence electrons. The summed E-state index contributed by atoms with van der Waals surface area (Å²) < 4.78 is 17.6. The van der Waals surface area contributed by atoms with Gasteiger partial charge in [-0.05, 0) is 65.7 Å². The SMILES string of the molecule is COCCN1C(C)(C)CC(Oc2ncc([C@H]3CC[C@H](O)CC3)c3nc(N[C@@H]4CCOC4)ncc23)CC1(C)C. The molecule has 2 aliphatic heterocycles. The first-order valence-electron chi connectivity index (χ1n) is 14.3. The number of anilines is 1. The van der Waals surface area contributed by atoms with Crippen LogP contribution in [-0.2, 0) is 9.47 Å². The number of ether oxygens (including phenoxy) is 3. The molecule has 3 aliphatic rings. The third-order valence-electron chi connectivity index (χ3n) is 8.73. The van der Waals surface area contributed by atoms with Crippen molar-refractivity contribution >= 4 is 16.9 Å². The van der Waals surface area contributed by atoms with E-state index >= 15 is 0 Å². The highest BCUT2D eigenvalue weighted by Gasteiger charge is 2.46. The Bertz CT molecular complexity index is 1080. The number of aromatic nitrogens is 3. The number of methoxy groups -OCH3 is 1. The number of nitrogens with one attached hydrogen (secondary N) is 1. The quantitative estimate of drug-likeness (QED) is 0.520. The molecule has 0 unspecified atom stereocenters. The molecular formula is C29H45N5O4. The van der Waals surface area contributed by atoms with E-state index in [1.54, 1.807) is 7.11 Å². The zero-order valence-corrected chi connectivity index (χ0v) is 23.7. The molecule has 0 radical (unpaired) electrons. The molecule has 2 aromatic rings. The molecule has 2 N–H and O–H groups in total. The molecule has 5 rings (SSSR count). The lowest BCUT2D eigenvalue weighted by atomic mass is 9.78. The lowest BCUT2D eigenvalue weighted by Crippen LogP contribution is -2.63. The van der Waals surface area contributed by atoms with E-state index in [-0.39, 0.29) is 29.3 Å². The van der Waals surface area contributed by atoms with Crippen LogP contribution in [0.3, 0.4) is 0 Å². The van der Waals surface area contributed by atoms with Gasteiger partial charge in [0.1, 0.15) is 6.10 Å². The third kappa shape index (κ3) is 5.91. The minimum atomic E-state index is -0.205. The number of hydrogen-bond acceptors (Lipinski definition) is 9. The largest absolute Gasteiger partial charge is 0.474 e. The van der Waals surface area contributed by atoms with Crippen LogP contribution in [0.2, 0.25) is 0 Å². The summed E-state index contributed by atoms with van der Waals surface area (Å²) in [6.45, 7) is 12.2. The number of rotatable bonds is 8. The van der Waals surface area contributed by atoms with Crippen molar-refractivity contribution in [3.8, 4) is 5.88 Å². The Kier molecular flexibility index (Phi) is 8.10. The van der Waals surface area contributed by atoms with Crippen LogP contribution in [0, 0.1) is 0 Å². The molecule has 1 aliphatic carbocycles. The molecule has 0 amide bonds. The van der Waals surface area contributed by atoms with Crippen LogP contribution in [0.1, 0.15) is 84.1 Å². The second kappa shape index (κ2) is 11.2. The molecule has 2 aromatic heterocycles. The monoisotopic (exact) mass is 527 g/mol. The van der Waals surface area contributed by atoms with E-state index in [1.165, 1.54) is 0 Å². The number of likely N-dealkylation sites (tertiary alicyclic amines) is 1. The summed E-state index contributed by atoms with van der Waals surface area (Å²) in [5, 5.41) is 14.4. The van der Waals surface area contributed by atoms with Crippen LogP contribution in [0.5, 0.6) is 5.88 Å². The van der Waals surface area contributed by atoms with E-state index in [2.05, 4.69) is 42.9 Å². The fourth-order valence-corrected chi connectivity index (χ4v) is 6.95. The molecule has 3 fully saturated rings. The number of fused-ring (bicyclic) bond motifs is 1. The van der Waals surface area contributed by atoms with Crippen molar-refractivity contribution < 1.29 is 19.3 Å². The van der Waals surface area contributed by atoms with Crippen molar-refractivity contribution in [2.45, 2.75) is 108 Å². The highest BCUT2D eigenvalue weighted by atomic mass is 16.5. The smallest absolute Gasteiger partial charge is 0.224 e. The van der Waals surface area contributed by atoms with Gasteiger partial charge in [0.05, 0.1) is 36.3 Å². The molecule has 1 atom stereocenters. The highest BCUT2D eigenvalue weighted by Crippen LogP contribution is 2.42. The van der Waals surface area contributed by atoms with Crippen LogP contribution in [0.4, 0.5) is 5.95 Å². The summed E-state index contributed by atoms with van der Waals surface area (Å²) in [7, 11) is 1.76. The fourth-order valence-electron chi connectivity index (χ4n) is 6.95. The number of hydrogen-bond donors (Lipinski definition) is 2. The molecule has 0 bridgehead atoms. The minimum absolute atomic E-state index is 0.0265. The molecule has 1 saturated carbocycles. The maximum absolute atomic E-state index is 10.1. The predicted molar refractivity (Wildman–Crippen MR) is 148 cm³/mol. The highest BCUT2D eigenvalue weighted by molar-refractivity contribution is 5.86. The maximum atomic E-state index is 10.1. The second-order valence-electron chi connectivity index (χ2n) is 12.6. The normalized spacial score (nSPS) is 28.0. The second-order valence-corrected chi connectivity index (χ2v) is 12.6. The summed E-state index contributed by atoms with van der Waals surface area (Å²) in [5.74, 6) is 1.55. The molecule has 4 heterocycles. The Morgan fingerprint density at radius 1 is 1.05 bits per heavy atom. The van der Waals surface area contributed by atoms with Gasteiger partial charge in [-0.1, -0.05) is 0 Å². The van der Waals surface area contributed by atoms with E-state index in [9.17, 15) is 5.11 Å².